The number of rotatable bonds is 7. The van der Waals surface area contributed by atoms with Gasteiger partial charge in [0.05, 0.1) is 35.7 Å². The summed E-state index contributed by atoms with van der Waals surface area (Å²) in [5.74, 6) is 0.516. The number of methoxy groups -OCH3 is 2. The van der Waals surface area contributed by atoms with E-state index in [1.165, 1.54) is 20.3 Å². The maximum atomic E-state index is 12.5. The van der Waals surface area contributed by atoms with E-state index in [1.807, 2.05) is 20.8 Å². The van der Waals surface area contributed by atoms with Crippen LogP contribution in [0.25, 0.3) is 0 Å². The fraction of sp³-hybridized carbons (Fsp3) is 0.353. The van der Waals surface area contributed by atoms with Crippen molar-refractivity contribution < 1.29 is 23.2 Å². The monoisotopic (exact) mass is 419 g/mol. The van der Waals surface area contributed by atoms with Gasteiger partial charge in [-0.15, -0.1) is 11.3 Å². The minimum Gasteiger partial charge on any atom is -0.493 e. The summed E-state index contributed by atoms with van der Waals surface area (Å²) in [6.07, 6.45) is 0. The molecule has 1 heterocycles. The molecule has 0 spiro atoms. The van der Waals surface area contributed by atoms with Crippen LogP contribution in [0.2, 0.25) is 4.34 Å². The number of esters is 1. The van der Waals surface area contributed by atoms with Crippen molar-refractivity contribution in [2.75, 3.05) is 25.5 Å². The van der Waals surface area contributed by atoms with E-state index in [2.05, 4.69) is 9.46 Å². The molecule has 1 aromatic carbocycles. The Hall–Kier alpha value is -1.77. The lowest BCUT2D eigenvalue weighted by atomic mass is 10.3. The number of carbonyl (C=O) groups excluding carboxylic acids is 1. The Kier molecular flexibility index (Phi) is 9.47. The van der Waals surface area contributed by atoms with Crippen molar-refractivity contribution >= 4 is 45.6 Å². The number of ether oxygens (including phenoxy) is 3. The number of nitrogens with one attached hydrogen (secondary N) is 1. The summed E-state index contributed by atoms with van der Waals surface area (Å²) in [5, 5.41) is 0. The zero-order valence-corrected chi connectivity index (χ0v) is 17.6. The largest absolute Gasteiger partial charge is 0.493 e. The average molecular weight is 420 g/mol. The molecule has 1 N–H and O–H groups in total. The van der Waals surface area contributed by atoms with Crippen LogP contribution in [0.1, 0.15) is 30.4 Å². The zero-order chi connectivity index (χ0) is 19.7. The summed E-state index contributed by atoms with van der Waals surface area (Å²) in [4.78, 5) is 12.2. The van der Waals surface area contributed by atoms with Crippen molar-refractivity contribution in [3.63, 3.8) is 0 Å². The molecule has 0 saturated heterocycles. The number of hydrogen-bond donors (Lipinski definition) is 1. The van der Waals surface area contributed by atoms with Gasteiger partial charge in [0.25, 0.3) is 0 Å². The minimum absolute atomic E-state index is 0.200. The van der Waals surface area contributed by atoms with Crippen LogP contribution in [-0.2, 0) is 15.7 Å². The van der Waals surface area contributed by atoms with Gasteiger partial charge in [-0.05, 0) is 25.1 Å². The molecule has 1 atom stereocenters. The highest BCUT2D eigenvalue weighted by atomic mass is 35.5. The fourth-order valence-electron chi connectivity index (χ4n) is 1.89. The first-order valence-corrected chi connectivity index (χ1v) is 10.2. The zero-order valence-electron chi connectivity index (χ0n) is 15.3. The summed E-state index contributed by atoms with van der Waals surface area (Å²) < 4.78 is 31.1. The van der Waals surface area contributed by atoms with E-state index in [4.69, 9.17) is 21.1 Å². The van der Waals surface area contributed by atoms with Crippen molar-refractivity contribution in [3.8, 4) is 11.5 Å². The topological polar surface area (TPSA) is 73.9 Å². The fourth-order valence-corrected chi connectivity index (χ4v) is 4.34. The van der Waals surface area contributed by atoms with E-state index in [0.29, 0.717) is 28.1 Å². The van der Waals surface area contributed by atoms with Crippen LogP contribution in [0.5, 0.6) is 11.5 Å². The van der Waals surface area contributed by atoms with Gasteiger partial charge in [0.15, 0.2) is 22.5 Å². The Morgan fingerprint density at radius 3 is 2.50 bits per heavy atom. The second kappa shape index (κ2) is 11.1. The van der Waals surface area contributed by atoms with E-state index in [1.54, 1.807) is 18.2 Å². The van der Waals surface area contributed by atoms with Crippen LogP contribution in [0.3, 0.4) is 0 Å². The third-order valence-electron chi connectivity index (χ3n) is 2.91. The lowest BCUT2D eigenvalue weighted by Crippen LogP contribution is -2.09. The molecular formula is C17H22ClNO5S2. The van der Waals surface area contributed by atoms with Crippen LogP contribution >= 0.6 is 22.9 Å². The van der Waals surface area contributed by atoms with E-state index in [-0.39, 0.29) is 9.77 Å². The molecule has 0 aliphatic carbocycles. The number of thiophene rings is 1. The van der Waals surface area contributed by atoms with Crippen molar-refractivity contribution in [2.24, 2.45) is 0 Å². The number of carbonyl (C=O) groups is 1. The van der Waals surface area contributed by atoms with E-state index >= 15 is 0 Å². The Balaban J connectivity index is 0.00000163. The number of hydrogen-bond acceptors (Lipinski definition) is 6. The molecule has 0 saturated carbocycles. The second-order valence-corrected chi connectivity index (χ2v) is 7.27. The SMILES string of the molecule is CC.CCOc1ccc(NS(=O)c2cc(Cl)sc2C(=O)OC)cc1OC. The molecule has 2 rings (SSSR count). The minimum atomic E-state index is -1.69. The first-order chi connectivity index (χ1) is 12.5. The summed E-state index contributed by atoms with van der Waals surface area (Å²) >= 11 is 6.94. The Morgan fingerprint density at radius 2 is 1.92 bits per heavy atom. The summed E-state index contributed by atoms with van der Waals surface area (Å²) in [5.41, 5.74) is 0.548. The van der Waals surface area contributed by atoms with E-state index in [9.17, 15) is 9.00 Å². The normalized spacial score (nSPS) is 11.0. The summed E-state index contributed by atoms with van der Waals surface area (Å²) in [6, 6.07) is 6.56. The molecule has 6 nitrogen and oxygen atoms in total. The molecular weight excluding hydrogens is 398 g/mol. The molecule has 0 radical (unpaired) electrons. The third-order valence-corrected chi connectivity index (χ3v) is 5.43. The van der Waals surface area contributed by atoms with Crippen molar-refractivity contribution in [1.29, 1.82) is 0 Å². The Labute approximate surface area is 165 Å². The van der Waals surface area contributed by atoms with Crippen LogP contribution in [0.15, 0.2) is 29.2 Å². The van der Waals surface area contributed by atoms with Gasteiger partial charge in [0.1, 0.15) is 4.88 Å². The molecule has 2 aromatic rings. The highest BCUT2D eigenvalue weighted by Crippen LogP contribution is 2.33. The molecule has 26 heavy (non-hydrogen) atoms. The Bertz CT molecular complexity index is 764. The van der Waals surface area contributed by atoms with Gasteiger partial charge < -0.3 is 18.9 Å². The smallest absolute Gasteiger partial charge is 0.349 e. The standard InChI is InChI=1S/C15H16ClNO5S2.C2H6/c1-4-22-10-6-5-9(7-11(10)20-2)17-24(19)12-8-13(16)23-14(12)15(18)21-3;1-2/h5-8,17H,4H2,1-3H3;1-2H3. The lowest BCUT2D eigenvalue weighted by Gasteiger charge is -2.12. The summed E-state index contributed by atoms with van der Waals surface area (Å²) in [6.45, 7) is 6.38. The molecule has 0 bridgehead atoms. The predicted molar refractivity (Wildman–Crippen MR) is 106 cm³/mol. The molecule has 0 amide bonds. The number of benzene rings is 1. The highest BCUT2D eigenvalue weighted by molar-refractivity contribution is 7.86. The average Bonchev–Trinajstić information content (AvgIpc) is 3.06. The maximum absolute atomic E-state index is 12.5. The van der Waals surface area contributed by atoms with Crippen molar-refractivity contribution in [2.45, 2.75) is 25.7 Å². The van der Waals surface area contributed by atoms with Crippen molar-refractivity contribution in [3.05, 3.63) is 33.5 Å². The van der Waals surface area contributed by atoms with Gasteiger partial charge in [-0.1, -0.05) is 25.4 Å². The maximum Gasteiger partial charge on any atom is 0.349 e. The highest BCUT2D eigenvalue weighted by Gasteiger charge is 2.21. The first-order valence-electron chi connectivity index (χ1n) is 7.87. The quantitative estimate of drug-likeness (QED) is 0.655. The van der Waals surface area contributed by atoms with Gasteiger partial charge in [-0.25, -0.2) is 9.00 Å². The molecule has 144 valence electrons. The second-order valence-electron chi connectivity index (χ2n) is 4.40. The van der Waals surface area contributed by atoms with E-state index in [0.717, 1.165) is 11.3 Å². The van der Waals surface area contributed by atoms with Crippen LogP contribution in [-0.4, -0.2) is 31.0 Å². The molecule has 1 unspecified atom stereocenters. The van der Waals surface area contributed by atoms with Crippen molar-refractivity contribution in [1.82, 2.24) is 0 Å². The Morgan fingerprint density at radius 1 is 1.23 bits per heavy atom. The van der Waals surface area contributed by atoms with E-state index < -0.39 is 17.0 Å². The van der Waals surface area contributed by atoms with Crippen LogP contribution < -0.4 is 14.2 Å². The molecule has 0 aliphatic heterocycles. The third kappa shape index (κ3) is 5.62. The van der Waals surface area contributed by atoms with Crippen LogP contribution in [0, 0.1) is 0 Å². The molecule has 0 aliphatic rings. The number of anilines is 1. The lowest BCUT2D eigenvalue weighted by molar-refractivity contribution is 0.0602. The number of halogens is 1. The van der Waals surface area contributed by atoms with Gasteiger partial charge in [0, 0.05) is 6.07 Å². The predicted octanol–water partition coefficient (Wildman–Crippen LogP) is 4.76. The van der Waals surface area contributed by atoms with Gasteiger partial charge in [-0.3, -0.25) is 0 Å². The van der Waals surface area contributed by atoms with Crippen LogP contribution in [0.4, 0.5) is 5.69 Å². The van der Waals surface area contributed by atoms with Gasteiger partial charge in [0.2, 0.25) is 0 Å². The first kappa shape index (κ1) is 22.3. The molecule has 9 heteroatoms. The molecule has 1 aromatic heterocycles. The van der Waals surface area contributed by atoms with Gasteiger partial charge in [-0.2, -0.15) is 0 Å². The molecule has 0 fully saturated rings. The van der Waals surface area contributed by atoms with Gasteiger partial charge >= 0.3 is 5.97 Å². The summed E-state index contributed by atoms with van der Waals surface area (Å²) in [7, 11) is 1.09.